The van der Waals surface area contributed by atoms with Crippen LogP contribution in [0.15, 0.2) is 53.5 Å². The summed E-state index contributed by atoms with van der Waals surface area (Å²) in [5, 5.41) is 4.78. The lowest BCUT2D eigenvalue weighted by molar-refractivity contribution is -0.197. The summed E-state index contributed by atoms with van der Waals surface area (Å²) in [6.45, 7) is 2.25. The second-order valence-electron chi connectivity index (χ2n) is 10.4. The van der Waals surface area contributed by atoms with Gasteiger partial charge in [-0.2, -0.15) is 13.2 Å². The second kappa shape index (κ2) is 11.6. The number of carbonyl (C=O) groups excluding carboxylic acids is 2. The molecule has 2 aliphatic rings. The molecule has 1 heterocycles. The topological polar surface area (TPSA) is 118 Å². The molecule has 1 aliphatic heterocycles. The molecule has 218 valence electrons. The molecular weight excluding hydrogens is 570 g/mol. The van der Waals surface area contributed by atoms with E-state index < -0.39 is 63.0 Å². The van der Waals surface area contributed by atoms with E-state index >= 15 is 13.2 Å². The third kappa shape index (κ3) is 6.72. The Balaban J connectivity index is 2.32. The molecule has 0 fully saturated rings. The van der Waals surface area contributed by atoms with Crippen molar-refractivity contribution in [1.82, 2.24) is 10.6 Å². The van der Waals surface area contributed by atoms with Gasteiger partial charge in [-0.15, -0.1) is 11.8 Å². The quantitative estimate of drug-likeness (QED) is 0.341. The number of carbonyl (C=O) groups is 2. The van der Waals surface area contributed by atoms with Crippen molar-refractivity contribution in [1.29, 1.82) is 0 Å². The highest BCUT2D eigenvalue weighted by atomic mass is 32.2. The summed E-state index contributed by atoms with van der Waals surface area (Å²) in [4.78, 5) is 25.2. The number of thioether (sulfide) groups is 1. The van der Waals surface area contributed by atoms with E-state index in [2.05, 4.69) is 22.5 Å². The molecule has 13 heteroatoms. The van der Waals surface area contributed by atoms with E-state index in [1.807, 2.05) is 0 Å². The average Bonchev–Trinajstić information content (AvgIpc) is 2.87. The maximum absolute atomic E-state index is 15.5. The summed E-state index contributed by atoms with van der Waals surface area (Å²) in [5.74, 6) is 2.84. The first-order valence-corrected chi connectivity index (χ1v) is 15.3. The van der Waals surface area contributed by atoms with Gasteiger partial charge in [-0.25, -0.2) is 12.8 Å². The van der Waals surface area contributed by atoms with Gasteiger partial charge in [0.25, 0.3) is 0 Å². The van der Waals surface area contributed by atoms with Crippen LogP contribution >= 0.6 is 11.8 Å². The second-order valence-corrected chi connectivity index (χ2v) is 13.5. The van der Waals surface area contributed by atoms with Crippen LogP contribution in [0.3, 0.4) is 0 Å². The molecule has 4 N–H and O–H groups in total. The van der Waals surface area contributed by atoms with E-state index in [1.54, 1.807) is 6.08 Å². The minimum absolute atomic E-state index is 0.0404. The minimum atomic E-state index is -5.13. The Kier molecular flexibility index (Phi) is 9.18. The number of hydrogen-bond donors (Lipinski definition) is 3. The largest absolute Gasteiger partial charge is 0.419 e. The molecule has 40 heavy (non-hydrogen) atoms. The van der Waals surface area contributed by atoms with Crippen molar-refractivity contribution in [2.75, 3.05) is 17.8 Å². The zero-order valence-electron chi connectivity index (χ0n) is 22.1. The van der Waals surface area contributed by atoms with Gasteiger partial charge in [0.1, 0.15) is 11.7 Å². The van der Waals surface area contributed by atoms with Crippen molar-refractivity contribution in [3.8, 4) is 11.8 Å². The molecule has 1 aliphatic carbocycles. The number of benzene rings is 1. The van der Waals surface area contributed by atoms with Gasteiger partial charge in [0.2, 0.25) is 11.8 Å². The first kappa shape index (κ1) is 31.7. The van der Waals surface area contributed by atoms with E-state index in [1.165, 1.54) is 42.5 Å². The fourth-order valence-electron chi connectivity index (χ4n) is 4.83. The normalized spacial score (nSPS) is 28.1. The van der Waals surface area contributed by atoms with Gasteiger partial charge >= 0.3 is 6.18 Å². The first-order valence-electron chi connectivity index (χ1n) is 12.3. The van der Waals surface area contributed by atoms with Gasteiger partial charge in [0.05, 0.1) is 22.1 Å². The number of sulfone groups is 1. The highest BCUT2D eigenvalue weighted by Gasteiger charge is 2.67. The number of primary amides is 1. The lowest BCUT2D eigenvalue weighted by Crippen LogP contribution is -2.72. The minimum Gasteiger partial charge on any atom is -0.368 e. The Morgan fingerprint density at radius 1 is 1.18 bits per heavy atom. The van der Waals surface area contributed by atoms with Crippen molar-refractivity contribution in [3.05, 3.63) is 54.1 Å². The van der Waals surface area contributed by atoms with Crippen molar-refractivity contribution in [2.45, 2.75) is 66.5 Å². The molecule has 0 aromatic heterocycles. The van der Waals surface area contributed by atoms with Crippen LogP contribution in [0.25, 0.3) is 0 Å². The third-order valence-corrected chi connectivity index (χ3v) is 8.80. The summed E-state index contributed by atoms with van der Waals surface area (Å²) in [7, 11) is -3.64. The Bertz CT molecular complexity index is 1360. The van der Waals surface area contributed by atoms with Gasteiger partial charge in [-0.05, 0) is 38.0 Å². The summed E-state index contributed by atoms with van der Waals surface area (Å²) >= 11 is 1.01. The molecule has 0 radical (unpaired) electrons. The zero-order chi connectivity index (χ0) is 30.0. The summed E-state index contributed by atoms with van der Waals surface area (Å²) in [6.07, 6.45) is 0.744. The van der Waals surface area contributed by atoms with Crippen LogP contribution in [-0.4, -0.2) is 67.5 Å². The zero-order valence-corrected chi connectivity index (χ0v) is 23.8. The Morgan fingerprint density at radius 3 is 2.33 bits per heavy atom. The summed E-state index contributed by atoms with van der Waals surface area (Å²) in [6, 6.07) is 2.00. The molecule has 4 atom stereocenters. The van der Waals surface area contributed by atoms with E-state index in [9.17, 15) is 22.4 Å². The van der Waals surface area contributed by atoms with E-state index in [-0.39, 0.29) is 28.4 Å². The van der Waals surface area contributed by atoms with Crippen LogP contribution in [0.5, 0.6) is 0 Å². The number of rotatable bonds is 6. The molecular formula is C27H31F4N3O4S2. The van der Waals surface area contributed by atoms with Crippen LogP contribution < -0.4 is 16.4 Å². The lowest BCUT2D eigenvalue weighted by Gasteiger charge is -2.49. The van der Waals surface area contributed by atoms with Gasteiger partial charge in [0, 0.05) is 18.4 Å². The monoisotopic (exact) mass is 601 g/mol. The van der Waals surface area contributed by atoms with Gasteiger partial charge < -0.3 is 11.1 Å². The van der Waals surface area contributed by atoms with Crippen molar-refractivity contribution < 1.29 is 35.6 Å². The van der Waals surface area contributed by atoms with Gasteiger partial charge in [0.15, 0.2) is 15.4 Å². The first-order chi connectivity index (χ1) is 18.4. The van der Waals surface area contributed by atoms with Crippen molar-refractivity contribution in [2.24, 2.45) is 5.73 Å². The number of nitrogens with two attached hydrogens (primary N) is 1. The maximum atomic E-state index is 15.5. The van der Waals surface area contributed by atoms with Crippen LogP contribution in [0.1, 0.15) is 32.3 Å². The number of amides is 2. The predicted octanol–water partition coefficient (Wildman–Crippen LogP) is 2.96. The lowest BCUT2D eigenvalue weighted by atomic mass is 9.61. The number of allylic oxidation sites excluding steroid dienone is 3. The number of alkyl halides is 4. The highest BCUT2D eigenvalue weighted by Crippen LogP contribution is 2.50. The van der Waals surface area contributed by atoms with Crippen molar-refractivity contribution in [3.63, 3.8) is 0 Å². The average molecular weight is 602 g/mol. The van der Waals surface area contributed by atoms with Gasteiger partial charge in [-0.3, -0.25) is 14.9 Å². The van der Waals surface area contributed by atoms with Crippen LogP contribution in [0.4, 0.5) is 17.6 Å². The van der Waals surface area contributed by atoms with Crippen LogP contribution in [0, 0.1) is 11.8 Å². The molecule has 2 amide bonds. The number of halogens is 4. The van der Waals surface area contributed by atoms with E-state index in [0.717, 1.165) is 31.9 Å². The Labute approximate surface area is 235 Å². The molecule has 1 unspecified atom stereocenters. The maximum Gasteiger partial charge on any atom is 0.419 e. The standard InChI is InChI=1S/C27H31F4N3O4S2/c1-24(2,28)16-20-23(36)33-21(22(32)35)17-39-15-7-14-26(34-20,27(29,30)31)25(12-5-4-6-13-25)18-8-10-19(11-9-18)40(3,37)38/h4-6,8-12,20-21,34H,13,15-17H2,1-3H3,(H2,32,35)(H,33,36)/t20-,21-,25?,26+/m0/s1. The van der Waals surface area contributed by atoms with Crippen LogP contribution in [-0.2, 0) is 24.8 Å². The number of nitrogens with one attached hydrogen (secondary N) is 2. The highest BCUT2D eigenvalue weighted by molar-refractivity contribution is 7.99. The SMILES string of the molecule is CC(C)(F)C[C@@H]1N[C@@](C(F)(F)F)(C2(c3ccc(S(C)(=O)=O)cc3)C=CC=CC2)C#CCSC[C@@H](C(N)=O)NC1=O. The van der Waals surface area contributed by atoms with E-state index in [4.69, 9.17) is 5.73 Å². The smallest absolute Gasteiger partial charge is 0.368 e. The molecule has 0 saturated carbocycles. The Hall–Kier alpha value is -2.82. The summed E-state index contributed by atoms with van der Waals surface area (Å²) in [5.41, 5.74) is -1.76. The number of hydrogen-bond acceptors (Lipinski definition) is 6. The van der Waals surface area contributed by atoms with Crippen LogP contribution in [0.2, 0.25) is 0 Å². The molecule has 0 bridgehead atoms. The fraction of sp³-hybridized carbons (Fsp3) is 0.481. The molecule has 0 saturated heterocycles. The third-order valence-electron chi connectivity index (χ3n) is 6.75. The summed E-state index contributed by atoms with van der Waals surface area (Å²) < 4.78 is 85.7. The fourth-order valence-corrected chi connectivity index (χ4v) is 6.24. The predicted molar refractivity (Wildman–Crippen MR) is 146 cm³/mol. The molecule has 1 aromatic carbocycles. The Morgan fingerprint density at radius 2 is 1.82 bits per heavy atom. The molecule has 7 nitrogen and oxygen atoms in total. The molecule has 3 rings (SSSR count). The van der Waals surface area contributed by atoms with E-state index in [0.29, 0.717) is 0 Å². The van der Waals surface area contributed by atoms with Gasteiger partial charge in [-0.1, -0.05) is 48.3 Å². The molecule has 0 spiro atoms. The molecule has 1 aromatic rings. The van der Waals surface area contributed by atoms with Crippen molar-refractivity contribution >= 4 is 33.4 Å².